The first-order chi connectivity index (χ1) is 9.93. The summed E-state index contributed by atoms with van der Waals surface area (Å²) in [6, 6.07) is 4.42. The lowest BCUT2D eigenvalue weighted by Crippen LogP contribution is -2.13. The van der Waals surface area contributed by atoms with Crippen molar-refractivity contribution in [2.45, 2.75) is 33.2 Å². The highest BCUT2D eigenvalue weighted by Gasteiger charge is 2.18. The first kappa shape index (κ1) is 16.2. The van der Waals surface area contributed by atoms with Gasteiger partial charge in [-0.25, -0.2) is 4.39 Å². The summed E-state index contributed by atoms with van der Waals surface area (Å²) < 4.78 is 16.3. The minimum Gasteiger partial charge on any atom is -0.299 e. The van der Waals surface area contributed by atoms with Gasteiger partial charge in [0.15, 0.2) is 0 Å². The second-order valence-electron chi connectivity index (χ2n) is 4.75. The van der Waals surface area contributed by atoms with Crippen LogP contribution in [0.25, 0.3) is 0 Å². The summed E-state index contributed by atoms with van der Waals surface area (Å²) >= 11 is 9.40. The van der Waals surface area contributed by atoms with E-state index in [1.54, 1.807) is 10.7 Å². The molecule has 0 N–H and O–H groups in total. The van der Waals surface area contributed by atoms with Crippen LogP contribution in [0, 0.1) is 12.7 Å². The van der Waals surface area contributed by atoms with Gasteiger partial charge >= 0.3 is 0 Å². The van der Waals surface area contributed by atoms with Crippen LogP contribution >= 0.6 is 27.5 Å². The smallest absolute Gasteiger partial charge is 0.143 e. The van der Waals surface area contributed by atoms with Crippen LogP contribution in [0.2, 0.25) is 5.02 Å². The number of halogens is 3. The molecule has 1 aromatic carbocycles. The average molecular weight is 374 g/mol. The lowest BCUT2D eigenvalue weighted by molar-refractivity contribution is -0.117. The van der Waals surface area contributed by atoms with Crippen LogP contribution in [0.1, 0.15) is 23.9 Å². The summed E-state index contributed by atoms with van der Waals surface area (Å²) in [4.78, 5) is 12.2. The number of hydrogen-bond acceptors (Lipinski definition) is 2. The SMILES string of the molecule is CCn1nc(C)c(Br)c1CC(=O)Cc1c(F)cccc1Cl. The van der Waals surface area contributed by atoms with Crippen molar-refractivity contribution in [3.8, 4) is 0 Å². The number of ketones is 1. The predicted octanol–water partition coefficient (Wildman–Crippen LogP) is 4.12. The lowest BCUT2D eigenvalue weighted by atomic mass is 10.0. The minimum atomic E-state index is -0.449. The monoisotopic (exact) mass is 372 g/mol. The second-order valence-corrected chi connectivity index (χ2v) is 5.95. The first-order valence-electron chi connectivity index (χ1n) is 6.60. The zero-order chi connectivity index (χ0) is 15.6. The normalized spacial score (nSPS) is 10.9. The van der Waals surface area contributed by atoms with Gasteiger partial charge in [-0.05, 0) is 41.9 Å². The van der Waals surface area contributed by atoms with E-state index in [1.165, 1.54) is 12.1 Å². The Bertz CT molecular complexity index is 664. The Morgan fingerprint density at radius 3 is 2.76 bits per heavy atom. The molecule has 0 atom stereocenters. The molecule has 0 aliphatic heterocycles. The number of rotatable bonds is 5. The number of carbonyl (C=O) groups excluding carboxylic acids is 1. The molecule has 2 rings (SSSR count). The van der Waals surface area contributed by atoms with Crippen molar-refractivity contribution in [3.63, 3.8) is 0 Å². The Kier molecular flexibility index (Phi) is 5.17. The molecule has 1 heterocycles. The molecule has 0 aliphatic rings. The van der Waals surface area contributed by atoms with Gasteiger partial charge in [0.25, 0.3) is 0 Å². The lowest BCUT2D eigenvalue weighted by Gasteiger charge is -2.07. The van der Waals surface area contributed by atoms with Crippen molar-refractivity contribution < 1.29 is 9.18 Å². The fourth-order valence-electron chi connectivity index (χ4n) is 2.19. The molecule has 3 nitrogen and oxygen atoms in total. The molecule has 0 aliphatic carbocycles. The number of aromatic nitrogens is 2. The van der Waals surface area contributed by atoms with Crippen molar-refractivity contribution in [1.29, 1.82) is 0 Å². The van der Waals surface area contributed by atoms with Crippen LogP contribution in [0.5, 0.6) is 0 Å². The quantitative estimate of drug-likeness (QED) is 0.790. The van der Waals surface area contributed by atoms with E-state index in [4.69, 9.17) is 11.6 Å². The van der Waals surface area contributed by atoms with Crippen LogP contribution in [-0.2, 0) is 24.2 Å². The highest BCUT2D eigenvalue weighted by atomic mass is 79.9. The molecule has 21 heavy (non-hydrogen) atoms. The third-order valence-corrected chi connectivity index (χ3v) is 4.64. The highest BCUT2D eigenvalue weighted by Crippen LogP contribution is 2.24. The van der Waals surface area contributed by atoms with Crippen molar-refractivity contribution in [2.24, 2.45) is 0 Å². The molecule has 0 unspecified atom stereocenters. The van der Waals surface area contributed by atoms with Gasteiger partial charge < -0.3 is 0 Å². The van der Waals surface area contributed by atoms with Crippen LogP contribution in [-0.4, -0.2) is 15.6 Å². The number of benzene rings is 1. The van der Waals surface area contributed by atoms with Crippen molar-refractivity contribution in [2.75, 3.05) is 0 Å². The van der Waals surface area contributed by atoms with Gasteiger partial charge in [0.05, 0.1) is 15.9 Å². The van der Waals surface area contributed by atoms with Gasteiger partial charge in [0.2, 0.25) is 0 Å². The fraction of sp³-hybridized carbons (Fsp3) is 0.333. The predicted molar refractivity (Wildman–Crippen MR) is 84.2 cm³/mol. The molecule has 0 saturated carbocycles. The number of aryl methyl sites for hydroxylation is 2. The molecule has 0 bridgehead atoms. The maximum absolute atomic E-state index is 13.7. The topological polar surface area (TPSA) is 34.9 Å². The molecule has 2 aromatic rings. The van der Waals surface area contributed by atoms with Gasteiger partial charge in [0.1, 0.15) is 11.6 Å². The van der Waals surface area contributed by atoms with Gasteiger partial charge in [-0.2, -0.15) is 5.10 Å². The third kappa shape index (κ3) is 3.52. The van der Waals surface area contributed by atoms with Gasteiger partial charge in [-0.1, -0.05) is 17.7 Å². The molecule has 6 heteroatoms. The molecule has 112 valence electrons. The summed E-state index contributed by atoms with van der Waals surface area (Å²) in [5.41, 5.74) is 1.90. The van der Waals surface area contributed by atoms with E-state index in [0.717, 1.165) is 15.9 Å². The van der Waals surface area contributed by atoms with Gasteiger partial charge in [-0.15, -0.1) is 0 Å². The zero-order valence-corrected chi connectivity index (χ0v) is 14.1. The Morgan fingerprint density at radius 2 is 2.14 bits per heavy atom. The van der Waals surface area contributed by atoms with Crippen LogP contribution in [0.4, 0.5) is 4.39 Å². The Hall–Kier alpha value is -1.20. The van der Waals surface area contributed by atoms with Crippen LogP contribution < -0.4 is 0 Å². The summed E-state index contributed by atoms with van der Waals surface area (Å²) in [5.74, 6) is -0.549. The molecular formula is C15H15BrClFN2O. The van der Waals surface area contributed by atoms with E-state index >= 15 is 0 Å². The Balaban J connectivity index is 2.20. The van der Waals surface area contributed by atoms with E-state index in [-0.39, 0.29) is 29.2 Å². The number of hydrogen-bond donors (Lipinski definition) is 0. The summed E-state index contributed by atoms with van der Waals surface area (Å²) in [6.45, 7) is 4.51. The molecular weight excluding hydrogens is 359 g/mol. The largest absolute Gasteiger partial charge is 0.299 e. The molecule has 0 radical (unpaired) electrons. The van der Waals surface area contributed by atoms with E-state index in [0.29, 0.717) is 6.54 Å². The third-order valence-electron chi connectivity index (χ3n) is 3.25. The molecule has 0 spiro atoms. The maximum Gasteiger partial charge on any atom is 0.143 e. The molecule has 0 saturated heterocycles. The fourth-order valence-corrected chi connectivity index (χ4v) is 2.84. The minimum absolute atomic E-state index is 0.0219. The van der Waals surface area contributed by atoms with E-state index in [9.17, 15) is 9.18 Å². The average Bonchev–Trinajstić information content (AvgIpc) is 2.71. The van der Waals surface area contributed by atoms with Crippen LogP contribution in [0.15, 0.2) is 22.7 Å². The van der Waals surface area contributed by atoms with Crippen molar-refractivity contribution >= 4 is 33.3 Å². The number of Topliss-reactive ketones (excluding diaryl/α,β-unsaturated/α-hetero) is 1. The van der Waals surface area contributed by atoms with E-state index < -0.39 is 5.82 Å². The number of nitrogens with zero attached hydrogens (tertiary/aromatic N) is 2. The van der Waals surface area contributed by atoms with Gasteiger partial charge in [-0.3, -0.25) is 9.48 Å². The summed E-state index contributed by atoms with van der Waals surface area (Å²) in [5, 5.41) is 4.62. The van der Waals surface area contributed by atoms with Crippen molar-refractivity contribution in [1.82, 2.24) is 9.78 Å². The second kappa shape index (κ2) is 6.71. The molecule has 0 amide bonds. The standard InChI is InChI=1S/C15H15BrClFN2O/c1-3-20-14(15(16)9(2)19-20)8-10(21)7-11-12(17)5-4-6-13(11)18/h4-6H,3,7-8H2,1-2H3. The van der Waals surface area contributed by atoms with E-state index in [1.807, 2.05) is 13.8 Å². The molecule has 1 aromatic heterocycles. The molecule has 0 fully saturated rings. The van der Waals surface area contributed by atoms with Gasteiger partial charge in [0, 0.05) is 30.0 Å². The summed E-state index contributed by atoms with van der Waals surface area (Å²) in [7, 11) is 0. The highest BCUT2D eigenvalue weighted by molar-refractivity contribution is 9.10. The van der Waals surface area contributed by atoms with Crippen molar-refractivity contribution in [3.05, 3.63) is 50.5 Å². The van der Waals surface area contributed by atoms with E-state index in [2.05, 4.69) is 21.0 Å². The first-order valence-corrected chi connectivity index (χ1v) is 7.77. The Labute approximate surface area is 136 Å². The number of carbonyl (C=O) groups is 1. The summed E-state index contributed by atoms with van der Waals surface area (Å²) in [6.07, 6.45) is 0.172. The van der Waals surface area contributed by atoms with Crippen LogP contribution in [0.3, 0.4) is 0 Å². The Morgan fingerprint density at radius 1 is 1.43 bits per heavy atom. The zero-order valence-electron chi connectivity index (χ0n) is 11.8. The maximum atomic E-state index is 13.7.